The predicted octanol–water partition coefficient (Wildman–Crippen LogP) is 4.61. The average molecular weight is 456 g/mol. The highest BCUT2D eigenvalue weighted by Gasteiger charge is 2.20. The summed E-state index contributed by atoms with van der Waals surface area (Å²) in [6.07, 6.45) is 0. The Bertz CT molecular complexity index is 1480. The van der Waals surface area contributed by atoms with Gasteiger partial charge in [0.05, 0.1) is 33.0 Å². The normalized spacial score (nSPS) is 10.4. The Morgan fingerprint density at radius 2 is 1.68 bits per heavy atom. The zero-order valence-electron chi connectivity index (χ0n) is 18.7. The number of benzene rings is 3. The summed E-state index contributed by atoms with van der Waals surface area (Å²) in [6.45, 7) is 0. The second-order valence-electron chi connectivity index (χ2n) is 7.22. The molecule has 0 saturated heterocycles. The number of methoxy groups -OCH3 is 3. The molecule has 170 valence electrons. The number of nitriles is 1. The fourth-order valence-corrected chi connectivity index (χ4v) is 3.58. The summed E-state index contributed by atoms with van der Waals surface area (Å²) in [5.41, 5.74) is 1.95. The molecule has 1 amide bonds. The van der Waals surface area contributed by atoms with Crippen molar-refractivity contribution in [1.82, 2.24) is 0 Å². The van der Waals surface area contributed by atoms with Crippen molar-refractivity contribution >= 4 is 22.6 Å². The SMILES string of the molecule is COc1cc2oc(-c3ccc(NC(=O)c4cccc(C#N)c4)cc3)cc(=O)c2c(OC)c1OC. The first-order valence-electron chi connectivity index (χ1n) is 10.2. The van der Waals surface area contributed by atoms with Gasteiger partial charge in [-0.1, -0.05) is 6.07 Å². The van der Waals surface area contributed by atoms with Crippen molar-refractivity contribution in [3.63, 3.8) is 0 Å². The van der Waals surface area contributed by atoms with Crippen LogP contribution in [0.3, 0.4) is 0 Å². The van der Waals surface area contributed by atoms with Gasteiger partial charge in [-0.15, -0.1) is 0 Å². The Morgan fingerprint density at radius 3 is 2.32 bits per heavy atom. The van der Waals surface area contributed by atoms with Crippen LogP contribution >= 0.6 is 0 Å². The second kappa shape index (κ2) is 9.38. The van der Waals surface area contributed by atoms with Gasteiger partial charge in [0.2, 0.25) is 5.75 Å². The first kappa shape index (κ1) is 22.4. The summed E-state index contributed by atoms with van der Waals surface area (Å²) in [5, 5.41) is 12.0. The van der Waals surface area contributed by atoms with Crippen LogP contribution in [0.25, 0.3) is 22.3 Å². The molecular weight excluding hydrogens is 436 g/mol. The van der Waals surface area contributed by atoms with Gasteiger partial charge in [-0.05, 0) is 42.5 Å². The molecule has 0 unspecified atom stereocenters. The van der Waals surface area contributed by atoms with Crippen molar-refractivity contribution in [2.24, 2.45) is 0 Å². The first-order valence-corrected chi connectivity index (χ1v) is 10.2. The highest BCUT2D eigenvalue weighted by Crippen LogP contribution is 2.42. The molecule has 0 atom stereocenters. The van der Waals surface area contributed by atoms with Crippen molar-refractivity contribution in [3.05, 3.63) is 82.0 Å². The van der Waals surface area contributed by atoms with E-state index in [1.54, 1.807) is 48.5 Å². The largest absolute Gasteiger partial charge is 0.493 e. The van der Waals surface area contributed by atoms with Crippen molar-refractivity contribution in [1.29, 1.82) is 5.26 Å². The van der Waals surface area contributed by atoms with Crippen LogP contribution in [0.5, 0.6) is 17.2 Å². The van der Waals surface area contributed by atoms with Crippen LogP contribution in [0.4, 0.5) is 5.69 Å². The van der Waals surface area contributed by atoms with Crippen molar-refractivity contribution in [2.45, 2.75) is 0 Å². The molecular formula is C26H20N2O6. The molecule has 8 nitrogen and oxygen atoms in total. The van der Waals surface area contributed by atoms with Gasteiger partial charge in [0.15, 0.2) is 16.9 Å². The molecule has 1 heterocycles. The third-order valence-corrected chi connectivity index (χ3v) is 5.20. The summed E-state index contributed by atoms with van der Waals surface area (Å²) >= 11 is 0. The summed E-state index contributed by atoms with van der Waals surface area (Å²) in [5.74, 6) is 0.904. The van der Waals surface area contributed by atoms with E-state index in [-0.39, 0.29) is 28.1 Å². The number of carbonyl (C=O) groups is 1. The van der Waals surface area contributed by atoms with Crippen LogP contribution in [0.2, 0.25) is 0 Å². The van der Waals surface area contributed by atoms with Crippen LogP contribution in [0.1, 0.15) is 15.9 Å². The molecule has 0 spiro atoms. The van der Waals surface area contributed by atoms with Gasteiger partial charge >= 0.3 is 0 Å². The minimum Gasteiger partial charge on any atom is -0.493 e. The van der Waals surface area contributed by atoms with Crippen molar-refractivity contribution in [3.8, 4) is 34.6 Å². The number of fused-ring (bicyclic) bond motifs is 1. The molecule has 4 aromatic rings. The number of ether oxygens (including phenoxy) is 3. The highest BCUT2D eigenvalue weighted by atomic mass is 16.5. The van der Waals surface area contributed by atoms with Gasteiger partial charge in [-0.3, -0.25) is 9.59 Å². The molecule has 4 rings (SSSR count). The standard InChI is InChI=1S/C26H20N2O6/c1-31-22-13-21-23(25(33-3)24(22)32-2)19(29)12-20(34-21)16-7-9-18(10-8-16)28-26(30)17-6-4-5-15(11-17)14-27/h4-13H,1-3H3,(H,28,30). The number of carbonyl (C=O) groups excluding carboxylic acids is 1. The molecule has 0 saturated carbocycles. The maximum Gasteiger partial charge on any atom is 0.255 e. The Labute approximate surface area is 194 Å². The summed E-state index contributed by atoms with van der Waals surface area (Å²) in [7, 11) is 4.38. The smallest absolute Gasteiger partial charge is 0.255 e. The summed E-state index contributed by atoms with van der Waals surface area (Å²) in [4.78, 5) is 25.4. The molecule has 0 radical (unpaired) electrons. The minimum absolute atomic E-state index is 0.232. The van der Waals surface area contributed by atoms with Crippen molar-refractivity contribution < 1.29 is 23.4 Å². The van der Waals surface area contributed by atoms with E-state index in [2.05, 4.69) is 5.32 Å². The second-order valence-corrected chi connectivity index (χ2v) is 7.22. The molecule has 0 aliphatic carbocycles. The van der Waals surface area contributed by atoms with E-state index in [1.165, 1.54) is 33.5 Å². The molecule has 0 aliphatic rings. The van der Waals surface area contributed by atoms with Gasteiger partial charge in [0.1, 0.15) is 16.7 Å². The number of nitrogens with one attached hydrogen (secondary N) is 1. The zero-order chi connectivity index (χ0) is 24.2. The van der Waals surface area contributed by atoms with Gasteiger partial charge < -0.3 is 23.9 Å². The number of nitrogens with zero attached hydrogens (tertiary/aromatic N) is 1. The topological polar surface area (TPSA) is 111 Å². The molecule has 0 aliphatic heterocycles. The molecule has 1 N–H and O–H groups in total. The number of hydrogen-bond donors (Lipinski definition) is 1. The third-order valence-electron chi connectivity index (χ3n) is 5.20. The van der Waals surface area contributed by atoms with E-state index in [0.717, 1.165) is 0 Å². The van der Waals surface area contributed by atoms with Gasteiger partial charge in [0.25, 0.3) is 5.91 Å². The van der Waals surface area contributed by atoms with E-state index in [9.17, 15) is 9.59 Å². The monoisotopic (exact) mass is 456 g/mol. The van der Waals surface area contributed by atoms with E-state index in [0.29, 0.717) is 39.6 Å². The first-order chi connectivity index (χ1) is 16.5. The maximum absolute atomic E-state index is 12.9. The van der Waals surface area contributed by atoms with Crippen molar-refractivity contribution in [2.75, 3.05) is 26.6 Å². The fourth-order valence-electron chi connectivity index (χ4n) is 3.58. The predicted molar refractivity (Wildman–Crippen MR) is 127 cm³/mol. The maximum atomic E-state index is 12.9. The zero-order valence-corrected chi connectivity index (χ0v) is 18.7. The van der Waals surface area contributed by atoms with Crippen LogP contribution in [0.15, 0.2) is 69.9 Å². The third kappa shape index (κ3) is 4.14. The van der Waals surface area contributed by atoms with Crippen LogP contribution in [0, 0.1) is 11.3 Å². The Hall–Kier alpha value is -4.77. The summed E-state index contributed by atoms with van der Waals surface area (Å²) in [6, 6.07) is 18.2. The lowest BCUT2D eigenvalue weighted by Crippen LogP contribution is -2.11. The lowest BCUT2D eigenvalue weighted by molar-refractivity contribution is 0.102. The molecule has 0 bridgehead atoms. The van der Waals surface area contributed by atoms with Crippen LogP contribution in [-0.4, -0.2) is 27.2 Å². The highest BCUT2D eigenvalue weighted by molar-refractivity contribution is 6.04. The van der Waals surface area contributed by atoms with Gasteiger partial charge in [-0.2, -0.15) is 5.26 Å². The molecule has 1 aromatic heterocycles. The van der Waals surface area contributed by atoms with Gasteiger partial charge in [-0.25, -0.2) is 0 Å². The molecule has 3 aromatic carbocycles. The van der Waals surface area contributed by atoms with Gasteiger partial charge in [0, 0.05) is 28.9 Å². The lowest BCUT2D eigenvalue weighted by atomic mass is 10.1. The van der Waals surface area contributed by atoms with E-state index < -0.39 is 0 Å². The molecule has 0 fully saturated rings. The lowest BCUT2D eigenvalue weighted by Gasteiger charge is -2.14. The average Bonchev–Trinajstić information content (AvgIpc) is 2.87. The Morgan fingerprint density at radius 1 is 0.941 bits per heavy atom. The van der Waals surface area contributed by atoms with Crippen LogP contribution in [-0.2, 0) is 0 Å². The van der Waals surface area contributed by atoms with E-state index in [1.807, 2.05) is 6.07 Å². The number of rotatable bonds is 6. The minimum atomic E-state index is -0.338. The number of amides is 1. The molecule has 34 heavy (non-hydrogen) atoms. The fraction of sp³-hybridized carbons (Fsp3) is 0.115. The molecule has 8 heteroatoms. The Balaban J connectivity index is 1.66. The Kier molecular flexibility index (Phi) is 6.19. The van der Waals surface area contributed by atoms with E-state index >= 15 is 0 Å². The number of anilines is 1. The summed E-state index contributed by atoms with van der Waals surface area (Å²) < 4.78 is 22.1. The number of hydrogen-bond acceptors (Lipinski definition) is 7. The quantitative estimate of drug-likeness (QED) is 0.451. The van der Waals surface area contributed by atoms with E-state index in [4.69, 9.17) is 23.9 Å². The van der Waals surface area contributed by atoms with Crippen LogP contribution < -0.4 is 25.0 Å².